The van der Waals surface area contributed by atoms with E-state index < -0.39 is 0 Å². The first-order valence-electron chi connectivity index (χ1n) is 8.82. The van der Waals surface area contributed by atoms with Crippen LogP contribution in [0.15, 0.2) is 36.4 Å². The Bertz CT molecular complexity index is 767. The first-order chi connectivity index (χ1) is 12.5. The van der Waals surface area contributed by atoms with Crippen molar-refractivity contribution in [3.05, 3.63) is 57.8 Å². The summed E-state index contributed by atoms with van der Waals surface area (Å²) in [6, 6.07) is 11.1. The van der Waals surface area contributed by atoms with Gasteiger partial charge in [0.1, 0.15) is 12.3 Å². The fraction of sp³-hybridized carbons (Fsp3) is 0.400. The monoisotopic (exact) mass is 392 g/mol. The molecule has 0 aliphatic carbocycles. The average Bonchev–Trinajstić information content (AvgIpc) is 2.61. The Hall–Kier alpha value is -1.78. The van der Waals surface area contributed by atoms with Crippen molar-refractivity contribution in [3.63, 3.8) is 0 Å². The molecule has 4 nitrogen and oxygen atoms in total. The molecule has 0 N–H and O–H groups in total. The Labute approximate surface area is 164 Å². The van der Waals surface area contributed by atoms with Crippen molar-refractivity contribution in [3.8, 4) is 5.75 Å². The van der Waals surface area contributed by atoms with Crippen LogP contribution in [0.4, 0.5) is 0 Å². The Balaban J connectivity index is 1.75. The zero-order chi connectivity index (χ0) is 18.7. The topological polar surface area (TPSA) is 42.4 Å². The van der Waals surface area contributed by atoms with Crippen molar-refractivity contribution < 1.29 is 9.53 Å². The molecular formula is C20H22Cl2N2O2. The van der Waals surface area contributed by atoms with Gasteiger partial charge in [-0.3, -0.25) is 4.79 Å². The smallest absolute Gasteiger partial charge is 0.272 e. The molecule has 1 saturated heterocycles. The number of carbonyl (C=O) groups excluding carboxylic acids is 1. The lowest BCUT2D eigenvalue weighted by molar-refractivity contribution is 0.0504. The summed E-state index contributed by atoms with van der Waals surface area (Å²) in [5, 5.41) is 0.890. The van der Waals surface area contributed by atoms with Crippen molar-refractivity contribution in [2.45, 2.75) is 51.8 Å². The number of piperidine rings is 1. The van der Waals surface area contributed by atoms with Gasteiger partial charge in [-0.2, -0.15) is 0 Å². The number of rotatable bonds is 4. The quantitative estimate of drug-likeness (QED) is 0.701. The predicted molar refractivity (Wildman–Crippen MR) is 104 cm³/mol. The standard InChI is InChI=1S/C20H22Cl2N2O2/c1-13-6-3-7-14(2)24(13)20(25)18-11-4-8-15(23-18)12-26-19-16(21)9-5-10-17(19)22/h4-5,8-11,13-14H,3,6-7,12H2,1-2H3. The van der Waals surface area contributed by atoms with E-state index in [0.717, 1.165) is 19.3 Å². The van der Waals surface area contributed by atoms with Gasteiger partial charge >= 0.3 is 0 Å². The molecule has 2 heterocycles. The van der Waals surface area contributed by atoms with Gasteiger partial charge in [-0.15, -0.1) is 0 Å². The number of aromatic nitrogens is 1. The van der Waals surface area contributed by atoms with Crippen molar-refractivity contribution in [2.75, 3.05) is 0 Å². The van der Waals surface area contributed by atoms with Crippen LogP contribution in [0.25, 0.3) is 0 Å². The van der Waals surface area contributed by atoms with E-state index in [-0.39, 0.29) is 24.6 Å². The molecule has 138 valence electrons. The number of hydrogen-bond donors (Lipinski definition) is 0. The van der Waals surface area contributed by atoms with Crippen molar-refractivity contribution >= 4 is 29.1 Å². The van der Waals surface area contributed by atoms with Gasteiger partial charge in [0.2, 0.25) is 0 Å². The van der Waals surface area contributed by atoms with Crippen LogP contribution in [0.5, 0.6) is 5.75 Å². The van der Waals surface area contributed by atoms with Crippen LogP contribution in [0.3, 0.4) is 0 Å². The van der Waals surface area contributed by atoms with Gasteiger partial charge in [-0.25, -0.2) is 4.98 Å². The molecule has 2 aromatic rings. The number of likely N-dealkylation sites (tertiary alicyclic amines) is 1. The minimum atomic E-state index is -0.0256. The second-order valence-electron chi connectivity index (χ2n) is 6.69. The summed E-state index contributed by atoms with van der Waals surface area (Å²) < 4.78 is 5.72. The highest BCUT2D eigenvalue weighted by atomic mass is 35.5. The number of amides is 1. The normalized spacial score (nSPS) is 20.1. The molecule has 0 radical (unpaired) electrons. The summed E-state index contributed by atoms with van der Waals surface area (Å²) >= 11 is 12.2. The lowest BCUT2D eigenvalue weighted by atomic mass is 9.97. The van der Waals surface area contributed by atoms with E-state index in [0.29, 0.717) is 27.2 Å². The molecule has 1 aromatic carbocycles. The minimum Gasteiger partial charge on any atom is -0.484 e. The van der Waals surface area contributed by atoms with Crippen LogP contribution in [-0.4, -0.2) is 27.9 Å². The highest BCUT2D eigenvalue weighted by Gasteiger charge is 2.30. The molecule has 3 rings (SSSR count). The number of ether oxygens (including phenoxy) is 1. The molecular weight excluding hydrogens is 371 g/mol. The number of halogens is 2. The lowest BCUT2D eigenvalue weighted by Crippen LogP contribution is -2.47. The van der Waals surface area contributed by atoms with Gasteiger partial charge in [0.15, 0.2) is 5.75 Å². The molecule has 6 heteroatoms. The van der Waals surface area contributed by atoms with E-state index >= 15 is 0 Å². The molecule has 0 bridgehead atoms. The molecule has 26 heavy (non-hydrogen) atoms. The van der Waals surface area contributed by atoms with Crippen LogP contribution in [-0.2, 0) is 6.61 Å². The minimum absolute atomic E-state index is 0.0256. The average molecular weight is 393 g/mol. The molecule has 1 amide bonds. The summed E-state index contributed by atoms with van der Waals surface area (Å²) in [6.45, 7) is 4.38. The van der Waals surface area contributed by atoms with E-state index in [2.05, 4.69) is 18.8 Å². The summed E-state index contributed by atoms with van der Waals surface area (Å²) in [4.78, 5) is 19.4. The third-order valence-corrected chi connectivity index (χ3v) is 5.33. The molecule has 1 aromatic heterocycles. The number of carbonyl (C=O) groups is 1. The second kappa shape index (κ2) is 8.28. The molecule has 2 atom stereocenters. The van der Waals surface area contributed by atoms with Gasteiger partial charge < -0.3 is 9.64 Å². The predicted octanol–water partition coefficient (Wildman–Crippen LogP) is 5.37. The third kappa shape index (κ3) is 4.13. The molecule has 0 spiro atoms. The Morgan fingerprint density at radius 1 is 1.12 bits per heavy atom. The lowest BCUT2D eigenvalue weighted by Gasteiger charge is -2.38. The van der Waals surface area contributed by atoms with E-state index in [9.17, 15) is 4.79 Å². The summed E-state index contributed by atoms with van der Waals surface area (Å²) in [5.41, 5.74) is 1.10. The van der Waals surface area contributed by atoms with Gasteiger partial charge in [0.25, 0.3) is 5.91 Å². The summed E-state index contributed by atoms with van der Waals surface area (Å²) in [7, 11) is 0. The molecule has 2 unspecified atom stereocenters. The van der Waals surface area contributed by atoms with Crippen molar-refractivity contribution in [1.29, 1.82) is 0 Å². The van der Waals surface area contributed by atoms with E-state index in [1.807, 2.05) is 17.0 Å². The Morgan fingerprint density at radius 2 is 1.73 bits per heavy atom. The van der Waals surface area contributed by atoms with E-state index in [1.54, 1.807) is 24.3 Å². The number of hydrogen-bond acceptors (Lipinski definition) is 3. The number of pyridine rings is 1. The molecule has 1 aliphatic rings. The SMILES string of the molecule is CC1CCCC(C)N1C(=O)c1cccc(COc2c(Cl)cccc2Cl)n1. The van der Waals surface area contributed by atoms with Gasteiger partial charge in [0, 0.05) is 12.1 Å². The first kappa shape index (κ1) is 19.0. The van der Waals surface area contributed by atoms with Crippen LogP contribution < -0.4 is 4.74 Å². The fourth-order valence-electron chi connectivity index (χ4n) is 3.40. The summed E-state index contributed by atoms with van der Waals surface area (Å²) in [5.74, 6) is 0.398. The Morgan fingerprint density at radius 3 is 2.38 bits per heavy atom. The van der Waals surface area contributed by atoms with Gasteiger partial charge in [-0.1, -0.05) is 35.3 Å². The number of para-hydroxylation sites is 1. The maximum Gasteiger partial charge on any atom is 0.272 e. The van der Waals surface area contributed by atoms with E-state index in [1.165, 1.54) is 0 Å². The van der Waals surface area contributed by atoms with Gasteiger partial charge in [0.05, 0.1) is 15.7 Å². The van der Waals surface area contributed by atoms with Crippen LogP contribution in [0, 0.1) is 0 Å². The highest BCUT2D eigenvalue weighted by Crippen LogP contribution is 2.32. The maximum atomic E-state index is 12.9. The second-order valence-corrected chi connectivity index (χ2v) is 7.51. The van der Waals surface area contributed by atoms with E-state index in [4.69, 9.17) is 27.9 Å². The highest BCUT2D eigenvalue weighted by molar-refractivity contribution is 6.37. The number of benzene rings is 1. The van der Waals surface area contributed by atoms with Crippen molar-refractivity contribution in [1.82, 2.24) is 9.88 Å². The fourth-order valence-corrected chi connectivity index (χ4v) is 3.91. The van der Waals surface area contributed by atoms with Crippen LogP contribution >= 0.6 is 23.2 Å². The third-order valence-electron chi connectivity index (χ3n) is 4.74. The van der Waals surface area contributed by atoms with Gasteiger partial charge in [-0.05, 0) is 57.4 Å². The molecule has 0 saturated carbocycles. The largest absolute Gasteiger partial charge is 0.484 e. The first-order valence-corrected chi connectivity index (χ1v) is 9.58. The molecule has 1 fully saturated rings. The Kier molecular flexibility index (Phi) is 6.05. The van der Waals surface area contributed by atoms with Crippen LogP contribution in [0.2, 0.25) is 10.0 Å². The molecule has 1 aliphatic heterocycles. The van der Waals surface area contributed by atoms with Crippen LogP contribution in [0.1, 0.15) is 49.3 Å². The summed E-state index contributed by atoms with van der Waals surface area (Å²) in [6.07, 6.45) is 3.22. The van der Waals surface area contributed by atoms with Crippen molar-refractivity contribution in [2.24, 2.45) is 0 Å². The number of nitrogens with zero attached hydrogens (tertiary/aromatic N) is 2. The zero-order valence-corrected chi connectivity index (χ0v) is 16.4. The zero-order valence-electron chi connectivity index (χ0n) is 14.9. The maximum absolute atomic E-state index is 12.9.